The summed E-state index contributed by atoms with van der Waals surface area (Å²) in [6, 6.07) is 5.04. The fourth-order valence-electron chi connectivity index (χ4n) is 2.54. The Balaban J connectivity index is 1.67. The van der Waals surface area contributed by atoms with Crippen LogP contribution in [0.4, 0.5) is 0 Å². The molecule has 1 saturated heterocycles. The van der Waals surface area contributed by atoms with Crippen molar-refractivity contribution in [3.8, 4) is 0 Å². The molecule has 1 unspecified atom stereocenters. The molecule has 2 heterocycles. The van der Waals surface area contributed by atoms with E-state index < -0.39 is 0 Å². The second-order valence-electron chi connectivity index (χ2n) is 5.23. The molecule has 0 spiro atoms. The van der Waals surface area contributed by atoms with Crippen molar-refractivity contribution in [3.05, 3.63) is 22.4 Å². The summed E-state index contributed by atoms with van der Waals surface area (Å²) < 4.78 is 0. The third-order valence-corrected chi connectivity index (χ3v) is 4.61. The fourth-order valence-corrected chi connectivity index (χ4v) is 3.23. The minimum atomic E-state index is 0.667. The van der Waals surface area contributed by atoms with Crippen LogP contribution in [0.25, 0.3) is 0 Å². The SMILES string of the molecule is CC(CN(C)CCc1cccs1)N1CCNCC1. The molecule has 102 valence electrons. The van der Waals surface area contributed by atoms with E-state index in [1.165, 1.54) is 30.9 Å². The van der Waals surface area contributed by atoms with Crippen LogP contribution in [0, 0.1) is 0 Å². The van der Waals surface area contributed by atoms with E-state index in [0.29, 0.717) is 6.04 Å². The first-order chi connectivity index (χ1) is 8.75. The zero-order valence-electron chi connectivity index (χ0n) is 11.6. The number of hydrogen-bond acceptors (Lipinski definition) is 4. The second kappa shape index (κ2) is 7.24. The lowest BCUT2D eigenvalue weighted by Crippen LogP contribution is -2.50. The third kappa shape index (κ3) is 4.35. The molecule has 1 aliphatic heterocycles. The Morgan fingerprint density at radius 2 is 2.22 bits per heavy atom. The molecule has 0 bridgehead atoms. The van der Waals surface area contributed by atoms with E-state index >= 15 is 0 Å². The van der Waals surface area contributed by atoms with E-state index in [2.05, 4.69) is 46.6 Å². The lowest BCUT2D eigenvalue weighted by molar-refractivity contribution is 0.147. The largest absolute Gasteiger partial charge is 0.314 e. The van der Waals surface area contributed by atoms with Gasteiger partial charge in [0.15, 0.2) is 0 Å². The molecule has 0 aliphatic carbocycles. The van der Waals surface area contributed by atoms with Gasteiger partial charge in [-0.05, 0) is 31.8 Å². The first kappa shape index (κ1) is 14.0. The van der Waals surface area contributed by atoms with Gasteiger partial charge in [-0.15, -0.1) is 11.3 Å². The van der Waals surface area contributed by atoms with Gasteiger partial charge in [-0.1, -0.05) is 6.07 Å². The van der Waals surface area contributed by atoms with Crippen molar-refractivity contribution >= 4 is 11.3 Å². The van der Waals surface area contributed by atoms with Crippen LogP contribution < -0.4 is 5.32 Å². The molecular weight excluding hydrogens is 242 g/mol. The Hall–Kier alpha value is -0.420. The molecule has 2 rings (SSSR count). The highest BCUT2D eigenvalue weighted by Gasteiger charge is 2.17. The summed E-state index contributed by atoms with van der Waals surface area (Å²) in [5, 5.41) is 5.58. The maximum absolute atomic E-state index is 3.41. The Morgan fingerprint density at radius 1 is 1.44 bits per heavy atom. The predicted molar refractivity (Wildman–Crippen MR) is 79.4 cm³/mol. The second-order valence-corrected chi connectivity index (χ2v) is 6.26. The first-order valence-corrected chi connectivity index (χ1v) is 7.79. The van der Waals surface area contributed by atoms with E-state index in [1.807, 2.05) is 11.3 Å². The van der Waals surface area contributed by atoms with Gasteiger partial charge >= 0.3 is 0 Å². The Kier molecular flexibility index (Phi) is 5.63. The van der Waals surface area contributed by atoms with Crippen LogP contribution in [0.3, 0.4) is 0 Å². The van der Waals surface area contributed by atoms with Crippen molar-refractivity contribution < 1.29 is 0 Å². The van der Waals surface area contributed by atoms with Crippen molar-refractivity contribution in [2.45, 2.75) is 19.4 Å². The molecule has 1 aliphatic rings. The van der Waals surface area contributed by atoms with E-state index in [9.17, 15) is 0 Å². The molecule has 1 aromatic rings. The molecular formula is C14H25N3S. The number of rotatable bonds is 6. The van der Waals surface area contributed by atoms with Crippen LogP contribution in [-0.4, -0.2) is 62.2 Å². The first-order valence-electron chi connectivity index (χ1n) is 6.91. The normalized spacial score (nSPS) is 19.3. The van der Waals surface area contributed by atoms with Crippen LogP contribution >= 0.6 is 11.3 Å². The number of piperazine rings is 1. The summed E-state index contributed by atoms with van der Waals surface area (Å²) in [5.74, 6) is 0. The molecule has 1 N–H and O–H groups in total. The molecule has 4 heteroatoms. The van der Waals surface area contributed by atoms with Gasteiger partial charge in [-0.25, -0.2) is 0 Å². The number of likely N-dealkylation sites (N-methyl/N-ethyl adjacent to an activating group) is 1. The minimum Gasteiger partial charge on any atom is -0.314 e. The van der Waals surface area contributed by atoms with Gasteiger partial charge in [0.1, 0.15) is 0 Å². The summed E-state index contributed by atoms with van der Waals surface area (Å²) in [6.45, 7) is 9.36. The van der Waals surface area contributed by atoms with Crippen LogP contribution in [-0.2, 0) is 6.42 Å². The molecule has 1 atom stereocenters. The summed E-state index contributed by atoms with van der Waals surface area (Å²) in [6.07, 6.45) is 1.18. The van der Waals surface area contributed by atoms with Crippen molar-refractivity contribution in [3.63, 3.8) is 0 Å². The minimum absolute atomic E-state index is 0.667. The van der Waals surface area contributed by atoms with Crippen LogP contribution in [0.1, 0.15) is 11.8 Å². The number of thiophene rings is 1. The van der Waals surface area contributed by atoms with Gasteiger partial charge in [-0.3, -0.25) is 4.90 Å². The van der Waals surface area contributed by atoms with Gasteiger partial charge < -0.3 is 10.2 Å². The molecule has 0 amide bonds. The highest BCUT2D eigenvalue weighted by molar-refractivity contribution is 7.09. The molecule has 1 fully saturated rings. The molecule has 3 nitrogen and oxygen atoms in total. The lowest BCUT2D eigenvalue weighted by Gasteiger charge is -2.34. The fraction of sp³-hybridized carbons (Fsp3) is 0.714. The summed E-state index contributed by atoms with van der Waals surface area (Å²) in [4.78, 5) is 6.56. The van der Waals surface area contributed by atoms with Crippen LogP contribution in [0.5, 0.6) is 0 Å². The Labute approximate surface area is 115 Å². The predicted octanol–water partition coefficient (Wildman–Crippen LogP) is 1.52. The van der Waals surface area contributed by atoms with Gasteiger partial charge in [0.2, 0.25) is 0 Å². The smallest absolute Gasteiger partial charge is 0.0195 e. The highest BCUT2D eigenvalue weighted by atomic mass is 32.1. The standard InChI is InChI=1S/C14H25N3S/c1-13(17-9-6-15-7-10-17)12-16(2)8-5-14-4-3-11-18-14/h3-4,11,13,15H,5-10,12H2,1-2H3. The van der Waals surface area contributed by atoms with Gasteiger partial charge in [0.25, 0.3) is 0 Å². The van der Waals surface area contributed by atoms with E-state index in [0.717, 1.165) is 19.6 Å². The highest BCUT2D eigenvalue weighted by Crippen LogP contribution is 2.10. The van der Waals surface area contributed by atoms with E-state index in [1.54, 1.807) is 0 Å². The monoisotopic (exact) mass is 267 g/mol. The topological polar surface area (TPSA) is 18.5 Å². The van der Waals surface area contributed by atoms with Crippen molar-refractivity contribution in [1.29, 1.82) is 0 Å². The zero-order valence-corrected chi connectivity index (χ0v) is 12.4. The van der Waals surface area contributed by atoms with Gasteiger partial charge in [-0.2, -0.15) is 0 Å². The third-order valence-electron chi connectivity index (χ3n) is 3.67. The van der Waals surface area contributed by atoms with Crippen molar-refractivity contribution in [2.75, 3.05) is 46.3 Å². The summed E-state index contributed by atoms with van der Waals surface area (Å²) >= 11 is 1.87. The number of nitrogens with zero attached hydrogens (tertiary/aromatic N) is 2. The Morgan fingerprint density at radius 3 is 2.89 bits per heavy atom. The molecule has 18 heavy (non-hydrogen) atoms. The number of hydrogen-bond donors (Lipinski definition) is 1. The Bertz CT molecular complexity index is 320. The molecule has 0 radical (unpaired) electrons. The maximum atomic E-state index is 3.41. The van der Waals surface area contributed by atoms with Crippen LogP contribution in [0.15, 0.2) is 17.5 Å². The van der Waals surface area contributed by atoms with Crippen LogP contribution in [0.2, 0.25) is 0 Å². The van der Waals surface area contributed by atoms with E-state index in [-0.39, 0.29) is 0 Å². The van der Waals surface area contributed by atoms with E-state index in [4.69, 9.17) is 0 Å². The zero-order chi connectivity index (χ0) is 12.8. The average molecular weight is 267 g/mol. The molecule has 1 aromatic heterocycles. The van der Waals surface area contributed by atoms with Gasteiger partial charge in [0, 0.05) is 50.2 Å². The average Bonchev–Trinajstić information content (AvgIpc) is 2.90. The molecule has 0 aromatic carbocycles. The van der Waals surface area contributed by atoms with Crippen molar-refractivity contribution in [1.82, 2.24) is 15.1 Å². The quantitative estimate of drug-likeness (QED) is 0.843. The number of nitrogens with one attached hydrogen (secondary N) is 1. The lowest BCUT2D eigenvalue weighted by atomic mass is 10.2. The maximum Gasteiger partial charge on any atom is 0.0195 e. The summed E-state index contributed by atoms with van der Waals surface area (Å²) in [5.41, 5.74) is 0. The van der Waals surface area contributed by atoms with Crippen molar-refractivity contribution in [2.24, 2.45) is 0 Å². The summed E-state index contributed by atoms with van der Waals surface area (Å²) in [7, 11) is 2.24. The van der Waals surface area contributed by atoms with Gasteiger partial charge in [0.05, 0.1) is 0 Å². The molecule has 0 saturated carbocycles.